The SMILES string of the molecule is Cc1cc(C(=O)c2cccs2)c(C)cc1Br. The average Bonchev–Trinajstić information content (AvgIpc) is 2.75. The summed E-state index contributed by atoms with van der Waals surface area (Å²) in [6, 6.07) is 7.71. The molecule has 2 aromatic rings. The third kappa shape index (κ3) is 2.11. The van der Waals surface area contributed by atoms with Gasteiger partial charge >= 0.3 is 0 Å². The van der Waals surface area contributed by atoms with E-state index in [1.807, 2.05) is 43.5 Å². The molecule has 82 valence electrons. The Labute approximate surface area is 107 Å². The molecule has 2 rings (SSSR count). The minimum atomic E-state index is 0.114. The second kappa shape index (κ2) is 4.52. The summed E-state index contributed by atoms with van der Waals surface area (Å²) in [5.41, 5.74) is 2.89. The number of hydrogen-bond acceptors (Lipinski definition) is 2. The molecule has 0 aliphatic rings. The van der Waals surface area contributed by atoms with Gasteiger partial charge in [0.15, 0.2) is 0 Å². The van der Waals surface area contributed by atoms with Crippen molar-refractivity contribution in [1.82, 2.24) is 0 Å². The summed E-state index contributed by atoms with van der Waals surface area (Å²) < 4.78 is 1.05. The van der Waals surface area contributed by atoms with Gasteiger partial charge in [0.25, 0.3) is 0 Å². The first kappa shape index (κ1) is 11.6. The van der Waals surface area contributed by atoms with Crippen molar-refractivity contribution in [3.05, 3.63) is 55.7 Å². The lowest BCUT2D eigenvalue weighted by Gasteiger charge is -2.06. The molecule has 0 bridgehead atoms. The Morgan fingerprint density at radius 1 is 1.25 bits per heavy atom. The van der Waals surface area contributed by atoms with Gasteiger partial charge in [-0.3, -0.25) is 4.79 Å². The number of carbonyl (C=O) groups excluding carboxylic acids is 1. The third-order valence-electron chi connectivity index (χ3n) is 2.50. The van der Waals surface area contributed by atoms with Gasteiger partial charge in [0.05, 0.1) is 4.88 Å². The summed E-state index contributed by atoms with van der Waals surface area (Å²) in [6.45, 7) is 3.96. The fourth-order valence-electron chi connectivity index (χ4n) is 1.57. The van der Waals surface area contributed by atoms with E-state index in [0.717, 1.165) is 26.0 Å². The Morgan fingerprint density at radius 2 is 2.00 bits per heavy atom. The van der Waals surface area contributed by atoms with E-state index in [2.05, 4.69) is 15.9 Å². The quantitative estimate of drug-likeness (QED) is 0.752. The largest absolute Gasteiger partial charge is 0.288 e. The Kier molecular flexibility index (Phi) is 3.26. The zero-order valence-corrected chi connectivity index (χ0v) is 11.5. The van der Waals surface area contributed by atoms with Crippen molar-refractivity contribution >= 4 is 33.0 Å². The van der Waals surface area contributed by atoms with Gasteiger partial charge in [-0.2, -0.15) is 0 Å². The van der Waals surface area contributed by atoms with Gasteiger partial charge < -0.3 is 0 Å². The Balaban J connectivity index is 2.49. The fraction of sp³-hybridized carbons (Fsp3) is 0.154. The summed E-state index contributed by atoms with van der Waals surface area (Å²) in [5, 5.41) is 1.92. The zero-order valence-electron chi connectivity index (χ0n) is 9.08. The van der Waals surface area contributed by atoms with Gasteiger partial charge in [0.2, 0.25) is 5.78 Å². The lowest BCUT2D eigenvalue weighted by atomic mass is 10.0. The minimum Gasteiger partial charge on any atom is -0.288 e. The van der Waals surface area contributed by atoms with Crippen LogP contribution in [-0.2, 0) is 0 Å². The Bertz CT molecular complexity index is 529. The highest BCUT2D eigenvalue weighted by Gasteiger charge is 2.13. The van der Waals surface area contributed by atoms with Crippen molar-refractivity contribution in [2.75, 3.05) is 0 Å². The van der Waals surface area contributed by atoms with Crippen molar-refractivity contribution < 1.29 is 4.79 Å². The standard InChI is InChI=1S/C13H11BrOS/c1-8-7-11(14)9(2)6-10(8)13(15)12-4-3-5-16-12/h3-7H,1-2H3. The normalized spacial score (nSPS) is 10.4. The second-order valence-corrected chi connectivity index (χ2v) is 5.52. The number of hydrogen-bond donors (Lipinski definition) is 0. The first-order valence-corrected chi connectivity index (χ1v) is 6.62. The van der Waals surface area contributed by atoms with Crippen LogP contribution in [-0.4, -0.2) is 5.78 Å². The number of thiophene rings is 1. The van der Waals surface area contributed by atoms with Crippen LogP contribution in [0.1, 0.15) is 26.4 Å². The number of halogens is 1. The highest BCUT2D eigenvalue weighted by atomic mass is 79.9. The molecule has 0 saturated heterocycles. The molecule has 0 N–H and O–H groups in total. The molecule has 1 heterocycles. The minimum absolute atomic E-state index is 0.114. The van der Waals surface area contributed by atoms with Crippen LogP contribution >= 0.6 is 27.3 Å². The summed E-state index contributed by atoms with van der Waals surface area (Å²) >= 11 is 4.95. The van der Waals surface area contributed by atoms with Crippen LogP contribution in [0, 0.1) is 13.8 Å². The van der Waals surface area contributed by atoms with Gasteiger partial charge in [-0.1, -0.05) is 22.0 Å². The number of benzene rings is 1. The lowest BCUT2D eigenvalue weighted by Crippen LogP contribution is -2.02. The van der Waals surface area contributed by atoms with Crippen molar-refractivity contribution in [2.24, 2.45) is 0 Å². The molecule has 1 aromatic carbocycles. The van der Waals surface area contributed by atoms with E-state index in [-0.39, 0.29) is 5.78 Å². The molecule has 0 fully saturated rings. The van der Waals surface area contributed by atoms with Gasteiger partial charge in [0.1, 0.15) is 0 Å². The summed E-state index contributed by atoms with van der Waals surface area (Å²) in [7, 11) is 0. The van der Waals surface area contributed by atoms with Crippen LogP contribution in [0.4, 0.5) is 0 Å². The monoisotopic (exact) mass is 294 g/mol. The molecule has 16 heavy (non-hydrogen) atoms. The lowest BCUT2D eigenvalue weighted by molar-refractivity contribution is 0.104. The molecule has 3 heteroatoms. The van der Waals surface area contributed by atoms with Crippen LogP contribution < -0.4 is 0 Å². The molecule has 0 aliphatic carbocycles. The molecule has 0 spiro atoms. The van der Waals surface area contributed by atoms with E-state index in [4.69, 9.17) is 0 Å². The van der Waals surface area contributed by atoms with Crippen LogP contribution in [0.15, 0.2) is 34.1 Å². The third-order valence-corrected chi connectivity index (χ3v) is 4.22. The maximum atomic E-state index is 12.2. The highest BCUT2D eigenvalue weighted by Crippen LogP contribution is 2.24. The molecule has 0 unspecified atom stereocenters. The smallest absolute Gasteiger partial charge is 0.203 e. The molecule has 0 aliphatic heterocycles. The van der Waals surface area contributed by atoms with E-state index in [9.17, 15) is 4.79 Å². The maximum Gasteiger partial charge on any atom is 0.203 e. The molecule has 0 radical (unpaired) electrons. The molecular weight excluding hydrogens is 284 g/mol. The van der Waals surface area contributed by atoms with Gasteiger partial charge in [-0.25, -0.2) is 0 Å². The zero-order chi connectivity index (χ0) is 11.7. The number of rotatable bonds is 2. The molecule has 1 nitrogen and oxygen atoms in total. The topological polar surface area (TPSA) is 17.1 Å². The molecule has 1 aromatic heterocycles. The van der Waals surface area contributed by atoms with E-state index in [0.29, 0.717) is 0 Å². The number of aryl methyl sites for hydroxylation is 2. The van der Waals surface area contributed by atoms with E-state index in [1.165, 1.54) is 11.3 Å². The van der Waals surface area contributed by atoms with Crippen molar-refractivity contribution in [2.45, 2.75) is 13.8 Å². The summed E-state index contributed by atoms with van der Waals surface area (Å²) in [5.74, 6) is 0.114. The average molecular weight is 295 g/mol. The predicted molar refractivity (Wildman–Crippen MR) is 71.4 cm³/mol. The first-order chi connectivity index (χ1) is 7.59. The fourth-order valence-corrected chi connectivity index (χ4v) is 2.70. The molecule has 0 atom stereocenters. The second-order valence-electron chi connectivity index (χ2n) is 3.72. The summed E-state index contributed by atoms with van der Waals surface area (Å²) in [6.07, 6.45) is 0. The van der Waals surface area contributed by atoms with Gasteiger partial charge in [0, 0.05) is 10.0 Å². The Hall–Kier alpha value is -0.930. The van der Waals surface area contributed by atoms with Crippen molar-refractivity contribution in [3.63, 3.8) is 0 Å². The van der Waals surface area contributed by atoms with Crippen molar-refractivity contribution in [1.29, 1.82) is 0 Å². The first-order valence-electron chi connectivity index (χ1n) is 4.94. The molecule has 0 amide bonds. The van der Waals surface area contributed by atoms with Gasteiger partial charge in [-0.05, 0) is 48.6 Å². The summed E-state index contributed by atoms with van der Waals surface area (Å²) in [4.78, 5) is 13.0. The molecule has 0 saturated carbocycles. The van der Waals surface area contributed by atoms with Crippen LogP contribution in [0.3, 0.4) is 0 Å². The Morgan fingerprint density at radius 3 is 2.62 bits per heavy atom. The van der Waals surface area contributed by atoms with E-state index < -0.39 is 0 Å². The van der Waals surface area contributed by atoms with Gasteiger partial charge in [-0.15, -0.1) is 11.3 Å². The maximum absolute atomic E-state index is 12.2. The van der Waals surface area contributed by atoms with Crippen LogP contribution in [0.25, 0.3) is 0 Å². The van der Waals surface area contributed by atoms with E-state index >= 15 is 0 Å². The van der Waals surface area contributed by atoms with Crippen molar-refractivity contribution in [3.8, 4) is 0 Å². The number of carbonyl (C=O) groups is 1. The number of ketones is 1. The van der Waals surface area contributed by atoms with Crippen LogP contribution in [0.2, 0.25) is 0 Å². The van der Waals surface area contributed by atoms with Crippen LogP contribution in [0.5, 0.6) is 0 Å². The molecular formula is C13H11BrOS. The predicted octanol–water partition coefficient (Wildman–Crippen LogP) is 4.36. The highest BCUT2D eigenvalue weighted by molar-refractivity contribution is 9.10. The van der Waals surface area contributed by atoms with E-state index in [1.54, 1.807) is 0 Å².